The fourth-order valence-electron chi connectivity index (χ4n) is 5.24. The number of aromatic nitrogens is 4. The SMILES string of the molecule is C[B]c1cnn2c(NCc3cccnc3)cc(C3CCN(C(=O)C4CCCCC4)CC3)nc12. The molecule has 7 nitrogen and oxygen atoms in total. The molecule has 8 heteroatoms. The number of amides is 1. The van der Waals surface area contributed by atoms with E-state index in [0.717, 1.165) is 67.0 Å². The zero-order valence-electron chi connectivity index (χ0n) is 19.4. The summed E-state index contributed by atoms with van der Waals surface area (Å²) in [4.78, 5) is 24.3. The maximum Gasteiger partial charge on any atom is 0.225 e. The predicted octanol–water partition coefficient (Wildman–Crippen LogP) is 3.40. The van der Waals surface area contributed by atoms with Crippen molar-refractivity contribution in [1.29, 1.82) is 0 Å². The molecule has 2 fully saturated rings. The highest BCUT2D eigenvalue weighted by molar-refractivity contribution is 6.54. The molecular weight excluding hydrogens is 411 g/mol. The Morgan fingerprint density at radius 1 is 1.15 bits per heavy atom. The molecule has 2 aliphatic rings. The molecule has 0 spiro atoms. The zero-order chi connectivity index (χ0) is 22.6. The molecule has 0 aromatic carbocycles. The van der Waals surface area contributed by atoms with Crippen molar-refractivity contribution >= 4 is 30.1 Å². The molecule has 1 amide bonds. The Morgan fingerprint density at radius 3 is 2.70 bits per heavy atom. The third-order valence-corrected chi connectivity index (χ3v) is 7.21. The summed E-state index contributed by atoms with van der Waals surface area (Å²) in [6.07, 6.45) is 13.3. The predicted molar refractivity (Wildman–Crippen MR) is 131 cm³/mol. The number of carbonyl (C=O) groups is 1. The van der Waals surface area contributed by atoms with E-state index in [9.17, 15) is 4.79 Å². The minimum Gasteiger partial charge on any atom is -0.366 e. The first-order valence-electron chi connectivity index (χ1n) is 12.3. The first-order valence-corrected chi connectivity index (χ1v) is 12.3. The van der Waals surface area contributed by atoms with Crippen LogP contribution in [0.1, 0.15) is 62.1 Å². The molecule has 5 rings (SSSR count). The van der Waals surface area contributed by atoms with E-state index >= 15 is 0 Å². The van der Waals surface area contributed by atoms with E-state index in [-0.39, 0.29) is 5.92 Å². The van der Waals surface area contributed by atoms with Crippen LogP contribution in [-0.4, -0.2) is 50.8 Å². The molecular formula is C25H32BN6O. The lowest BCUT2D eigenvalue weighted by Gasteiger charge is -2.35. The summed E-state index contributed by atoms with van der Waals surface area (Å²) in [5.74, 6) is 1.92. The van der Waals surface area contributed by atoms with Crippen molar-refractivity contribution in [3.05, 3.63) is 48.0 Å². The first-order chi connectivity index (χ1) is 16.2. The monoisotopic (exact) mass is 443 g/mol. The number of nitrogens with one attached hydrogen (secondary N) is 1. The van der Waals surface area contributed by atoms with Gasteiger partial charge >= 0.3 is 0 Å². The number of nitrogens with zero attached hydrogens (tertiary/aromatic N) is 5. The largest absolute Gasteiger partial charge is 0.366 e. The summed E-state index contributed by atoms with van der Waals surface area (Å²) in [7, 11) is 2.05. The van der Waals surface area contributed by atoms with E-state index in [2.05, 4.69) is 39.7 Å². The smallest absolute Gasteiger partial charge is 0.225 e. The van der Waals surface area contributed by atoms with Gasteiger partial charge in [0.2, 0.25) is 5.91 Å². The van der Waals surface area contributed by atoms with Crippen molar-refractivity contribution < 1.29 is 4.79 Å². The Balaban J connectivity index is 1.33. The molecule has 1 aliphatic carbocycles. The van der Waals surface area contributed by atoms with Crippen LogP contribution in [0.2, 0.25) is 6.82 Å². The highest BCUT2D eigenvalue weighted by atomic mass is 16.2. The summed E-state index contributed by atoms with van der Waals surface area (Å²) in [5, 5.41) is 8.10. The molecule has 0 bridgehead atoms. The van der Waals surface area contributed by atoms with Gasteiger partial charge in [0.05, 0.1) is 0 Å². The van der Waals surface area contributed by atoms with Crippen molar-refractivity contribution in [1.82, 2.24) is 24.5 Å². The second kappa shape index (κ2) is 9.93. The minimum absolute atomic E-state index is 0.252. The van der Waals surface area contributed by atoms with Crippen LogP contribution in [0.25, 0.3) is 5.65 Å². The van der Waals surface area contributed by atoms with Gasteiger partial charge in [0, 0.05) is 61.8 Å². The van der Waals surface area contributed by atoms with Crippen LogP contribution in [-0.2, 0) is 11.3 Å². The maximum atomic E-state index is 13.0. The number of hydrogen-bond acceptors (Lipinski definition) is 5. The number of fused-ring (bicyclic) bond motifs is 1. The van der Waals surface area contributed by atoms with Crippen LogP contribution < -0.4 is 10.8 Å². The van der Waals surface area contributed by atoms with Gasteiger partial charge in [-0.3, -0.25) is 9.78 Å². The molecule has 0 atom stereocenters. The van der Waals surface area contributed by atoms with E-state index in [1.165, 1.54) is 19.3 Å². The number of carbonyl (C=O) groups excluding carboxylic acids is 1. The average Bonchev–Trinajstić information content (AvgIpc) is 3.31. The van der Waals surface area contributed by atoms with Gasteiger partial charge < -0.3 is 10.2 Å². The van der Waals surface area contributed by atoms with Crippen molar-refractivity contribution in [2.75, 3.05) is 18.4 Å². The standard InChI is InChI=1S/C25H32BN6O/c1-26-21-17-29-32-23(28-16-18-6-5-11-27-15-18)14-22(30-24(21)32)19-9-12-31(13-10-19)25(33)20-7-3-2-4-8-20/h5-6,11,14-15,17,19-20,28H,2-4,7-10,12-13,16H2,1H3. The van der Waals surface area contributed by atoms with E-state index in [0.29, 0.717) is 18.4 Å². The molecule has 1 radical (unpaired) electrons. The Morgan fingerprint density at radius 2 is 1.97 bits per heavy atom. The molecule has 1 saturated carbocycles. The van der Waals surface area contributed by atoms with Crippen LogP contribution in [0.3, 0.4) is 0 Å². The van der Waals surface area contributed by atoms with Gasteiger partial charge in [0.1, 0.15) is 5.82 Å². The Bertz CT molecular complexity index is 1090. The molecule has 1 N–H and O–H groups in total. The van der Waals surface area contributed by atoms with Crippen molar-refractivity contribution in [3.8, 4) is 0 Å². The molecule has 3 aromatic heterocycles. The molecule has 33 heavy (non-hydrogen) atoms. The fourth-order valence-corrected chi connectivity index (χ4v) is 5.24. The Hall–Kier alpha value is -2.90. The maximum absolute atomic E-state index is 13.0. The van der Waals surface area contributed by atoms with Gasteiger partial charge in [-0.2, -0.15) is 9.61 Å². The zero-order valence-corrected chi connectivity index (χ0v) is 19.4. The summed E-state index contributed by atoms with van der Waals surface area (Å²) in [6.45, 7) is 4.35. The Labute approximate surface area is 196 Å². The van der Waals surface area contributed by atoms with Crippen molar-refractivity contribution in [3.63, 3.8) is 0 Å². The minimum atomic E-state index is 0.252. The van der Waals surface area contributed by atoms with Crippen molar-refractivity contribution in [2.24, 2.45) is 5.92 Å². The van der Waals surface area contributed by atoms with Gasteiger partial charge in [0.25, 0.3) is 0 Å². The highest BCUT2D eigenvalue weighted by Crippen LogP contribution is 2.31. The number of hydrogen-bond donors (Lipinski definition) is 1. The number of anilines is 1. The van der Waals surface area contributed by atoms with Crippen LogP contribution in [0, 0.1) is 5.92 Å². The van der Waals surface area contributed by atoms with E-state index in [1.54, 1.807) is 6.20 Å². The molecule has 1 aliphatic heterocycles. The number of likely N-dealkylation sites (tertiary alicyclic amines) is 1. The van der Waals surface area contributed by atoms with Crippen LogP contribution >= 0.6 is 0 Å². The van der Waals surface area contributed by atoms with Gasteiger partial charge in [-0.25, -0.2) is 4.98 Å². The first kappa shape index (κ1) is 21.9. The van der Waals surface area contributed by atoms with Gasteiger partial charge in [0.15, 0.2) is 12.9 Å². The van der Waals surface area contributed by atoms with E-state index in [1.807, 2.05) is 29.8 Å². The molecule has 3 aromatic rings. The van der Waals surface area contributed by atoms with Gasteiger partial charge in [-0.15, -0.1) is 0 Å². The molecule has 0 unspecified atom stereocenters. The van der Waals surface area contributed by atoms with Crippen LogP contribution in [0.5, 0.6) is 0 Å². The number of rotatable bonds is 6. The molecule has 1 saturated heterocycles. The van der Waals surface area contributed by atoms with Crippen LogP contribution in [0.15, 0.2) is 36.8 Å². The van der Waals surface area contributed by atoms with Crippen LogP contribution in [0.4, 0.5) is 5.82 Å². The summed E-state index contributed by atoms with van der Waals surface area (Å²) in [5.41, 5.74) is 4.12. The lowest BCUT2D eigenvalue weighted by molar-refractivity contribution is -0.137. The normalized spacial score (nSPS) is 17.9. The van der Waals surface area contributed by atoms with Gasteiger partial charge in [-0.1, -0.05) is 32.2 Å². The second-order valence-corrected chi connectivity index (χ2v) is 9.34. The summed E-state index contributed by atoms with van der Waals surface area (Å²) in [6, 6.07) is 6.15. The topological polar surface area (TPSA) is 75.4 Å². The van der Waals surface area contributed by atoms with Crippen molar-refractivity contribution in [2.45, 2.75) is 64.2 Å². The Kier molecular flexibility index (Phi) is 6.60. The third-order valence-electron chi connectivity index (χ3n) is 7.21. The second-order valence-electron chi connectivity index (χ2n) is 9.34. The number of piperidine rings is 1. The lowest BCUT2D eigenvalue weighted by Crippen LogP contribution is -2.42. The summed E-state index contributed by atoms with van der Waals surface area (Å²) >= 11 is 0. The molecule has 171 valence electrons. The lowest BCUT2D eigenvalue weighted by atomic mass is 9.75. The third kappa shape index (κ3) is 4.75. The fraction of sp³-hybridized carbons (Fsp3) is 0.520. The van der Waals surface area contributed by atoms with E-state index < -0.39 is 0 Å². The summed E-state index contributed by atoms with van der Waals surface area (Å²) < 4.78 is 1.89. The number of pyridine rings is 1. The average molecular weight is 443 g/mol. The van der Waals surface area contributed by atoms with Gasteiger partial charge in [-0.05, 0) is 42.8 Å². The van der Waals surface area contributed by atoms with E-state index in [4.69, 9.17) is 4.98 Å². The highest BCUT2D eigenvalue weighted by Gasteiger charge is 2.30. The molecule has 4 heterocycles. The quantitative estimate of drug-likeness (QED) is 0.591.